The van der Waals surface area contributed by atoms with E-state index in [9.17, 15) is 5.11 Å². The second-order valence-electron chi connectivity index (χ2n) is 7.75. The van der Waals surface area contributed by atoms with Gasteiger partial charge in [-0.1, -0.05) is 12.1 Å². The van der Waals surface area contributed by atoms with Gasteiger partial charge in [0.15, 0.2) is 0 Å². The number of hydrogen-bond acceptors (Lipinski definition) is 4. The van der Waals surface area contributed by atoms with E-state index in [1.54, 1.807) is 7.11 Å². The smallest absolute Gasteiger partial charge is 0.119 e. The first kappa shape index (κ1) is 19.2. The lowest BCUT2D eigenvalue weighted by Crippen LogP contribution is -2.41. The monoisotopic (exact) mass is 335 g/mol. The molecule has 0 aliphatic heterocycles. The highest BCUT2D eigenvalue weighted by Crippen LogP contribution is 2.25. The van der Waals surface area contributed by atoms with Crippen LogP contribution in [-0.4, -0.2) is 48.0 Å². The Morgan fingerprint density at radius 2 is 1.88 bits per heavy atom. The molecule has 1 aromatic rings. The van der Waals surface area contributed by atoms with E-state index in [4.69, 9.17) is 9.47 Å². The molecule has 1 aliphatic rings. The maximum absolute atomic E-state index is 9.79. The number of benzene rings is 1. The Kier molecular flexibility index (Phi) is 7.08. The molecule has 0 saturated heterocycles. The average Bonchev–Trinajstić information content (AvgIpc) is 2.54. The first-order valence-electron chi connectivity index (χ1n) is 9.06. The van der Waals surface area contributed by atoms with Crippen LogP contribution in [0.2, 0.25) is 0 Å². The molecule has 0 atom stereocenters. The van der Waals surface area contributed by atoms with Crippen molar-refractivity contribution in [2.45, 2.75) is 70.7 Å². The van der Waals surface area contributed by atoms with Crippen LogP contribution in [0.3, 0.4) is 0 Å². The van der Waals surface area contributed by atoms with Crippen LogP contribution >= 0.6 is 0 Å². The average molecular weight is 335 g/mol. The second-order valence-corrected chi connectivity index (χ2v) is 7.75. The number of rotatable bonds is 7. The Labute approximate surface area is 146 Å². The summed E-state index contributed by atoms with van der Waals surface area (Å²) >= 11 is 0. The van der Waals surface area contributed by atoms with Crippen LogP contribution < -0.4 is 4.74 Å². The molecule has 0 unspecified atom stereocenters. The lowest BCUT2D eigenvalue weighted by Gasteiger charge is -2.36. The molecule has 1 fully saturated rings. The normalized spacial score (nSPS) is 21.9. The Balaban J connectivity index is 2.00. The van der Waals surface area contributed by atoms with Crippen molar-refractivity contribution in [3.8, 4) is 5.75 Å². The van der Waals surface area contributed by atoms with Gasteiger partial charge in [-0.2, -0.15) is 0 Å². The third-order valence-electron chi connectivity index (χ3n) is 4.62. The van der Waals surface area contributed by atoms with Gasteiger partial charge in [0.1, 0.15) is 5.75 Å². The van der Waals surface area contributed by atoms with Gasteiger partial charge in [-0.15, -0.1) is 0 Å². The summed E-state index contributed by atoms with van der Waals surface area (Å²) < 4.78 is 11.3. The quantitative estimate of drug-likeness (QED) is 0.826. The van der Waals surface area contributed by atoms with E-state index in [1.807, 2.05) is 12.1 Å². The van der Waals surface area contributed by atoms with E-state index in [0.29, 0.717) is 6.04 Å². The van der Waals surface area contributed by atoms with E-state index in [-0.39, 0.29) is 11.7 Å². The highest BCUT2D eigenvalue weighted by Gasteiger charge is 2.25. The minimum absolute atomic E-state index is 0.107. The van der Waals surface area contributed by atoms with Crippen molar-refractivity contribution in [2.24, 2.45) is 0 Å². The van der Waals surface area contributed by atoms with Crippen molar-refractivity contribution in [3.05, 3.63) is 29.8 Å². The molecule has 0 spiro atoms. The van der Waals surface area contributed by atoms with E-state index >= 15 is 0 Å². The van der Waals surface area contributed by atoms with Crippen molar-refractivity contribution in [1.82, 2.24) is 4.90 Å². The van der Waals surface area contributed by atoms with E-state index in [1.165, 1.54) is 5.56 Å². The highest BCUT2D eigenvalue weighted by molar-refractivity contribution is 5.28. The summed E-state index contributed by atoms with van der Waals surface area (Å²) in [6, 6.07) is 8.80. The van der Waals surface area contributed by atoms with Crippen LogP contribution in [0.4, 0.5) is 0 Å². The van der Waals surface area contributed by atoms with Gasteiger partial charge in [0.2, 0.25) is 0 Å². The van der Waals surface area contributed by atoms with E-state index in [2.05, 4.69) is 37.8 Å². The van der Waals surface area contributed by atoms with Gasteiger partial charge in [-0.25, -0.2) is 0 Å². The maximum atomic E-state index is 9.79. The number of aliphatic hydroxyl groups is 1. The van der Waals surface area contributed by atoms with Gasteiger partial charge in [0.25, 0.3) is 0 Å². The van der Waals surface area contributed by atoms with Crippen LogP contribution in [0, 0.1) is 0 Å². The molecule has 1 N–H and O–H groups in total. The maximum Gasteiger partial charge on any atom is 0.119 e. The molecule has 1 aromatic carbocycles. The lowest BCUT2D eigenvalue weighted by molar-refractivity contribution is -0.0240. The largest absolute Gasteiger partial charge is 0.497 e. The summed E-state index contributed by atoms with van der Waals surface area (Å²) in [6.07, 6.45) is 3.80. The Morgan fingerprint density at radius 3 is 2.50 bits per heavy atom. The van der Waals surface area contributed by atoms with Crippen LogP contribution in [0.25, 0.3) is 0 Å². The zero-order valence-corrected chi connectivity index (χ0v) is 15.6. The molecule has 1 saturated carbocycles. The third-order valence-corrected chi connectivity index (χ3v) is 4.62. The second kappa shape index (κ2) is 8.84. The van der Waals surface area contributed by atoms with Crippen molar-refractivity contribution in [2.75, 3.05) is 20.3 Å². The molecule has 0 heterocycles. The summed E-state index contributed by atoms with van der Waals surface area (Å²) in [5, 5.41) is 9.79. The molecule has 0 bridgehead atoms. The number of hydrogen-bond donors (Lipinski definition) is 1. The summed E-state index contributed by atoms with van der Waals surface area (Å²) in [5.41, 5.74) is 1.15. The van der Waals surface area contributed by atoms with E-state index < -0.39 is 0 Å². The number of methoxy groups -OCH3 is 1. The van der Waals surface area contributed by atoms with Crippen molar-refractivity contribution in [3.63, 3.8) is 0 Å². The van der Waals surface area contributed by atoms with Gasteiger partial charge in [-0.05, 0) is 64.2 Å². The molecule has 24 heavy (non-hydrogen) atoms. The van der Waals surface area contributed by atoms with Crippen LogP contribution in [-0.2, 0) is 11.3 Å². The molecule has 136 valence electrons. The van der Waals surface area contributed by atoms with E-state index in [0.717, 1.165) is 51.1 Å². The van der Waals surface area contributed by atoms with Gasteiger partial charge >= 0.3 is 0 Å². The summed E-state index contributed by atoms with van der Waals surface area (Å²) in [5.74, 6) is 0.900. The molecule has 0 aromatic heterocycles. The number of nitrogens with zero attached hydrogens (tertiary/aromatic N) is 1. The predicted molar refractivity (Wildman–Crippen MR) is 97.4 cm³/mol. The fourth-order valence-corrected chi connectivity index (χ4v) is 3.29. The van der Waals surface area contributed by atoms with Crippen molar-refractivity contribution in [1.29, 1.82) is 0 Å². The Hall–Kier alpha value is -1.10. The summed E-state index contributed by atoms with van der Waals surface area (Å²) in [4.78, 5) is 2.51. The molecular weight excluding hydrogens is 302 g/mol. The highest BCUT2D eigenvalue weighted by atomic mass is 16.5. The number of ether oxygens (including phenoxy) is 2. The first-order chi connectivity index (χ1) is 11.4. The molecule has 0 radical (unpaired) electrons. The van der Waals surface area contributed by atoms with Gasteiger partial charge in [0.05, 0.1) is 25.4 Å². The molecular formula is C20H33NO3. The van der Waals surface area contributed by atoms with Crippen molar-refractivity contribution >= 4 is 0 Å². The first-order valence-corrected chi connectivity index (χ1v) is 9.06. The third kappa shape index (κ3) is 6.42. The lowest BCUT2D eigenvalue weighted by atomic mass is 9.91. The summed E-state index contributed by atoms with van der Waals surface area (Å²) in [7, 11) is 1.70. The fourth-order valence-electron chi connectivity index (χ4n) is 3.29. The Bertz CT molecular complexity index is 490. The van der Waals surface area contributed by atoms with Crippen LogP contribution in [0.5, 0.6) is 5.75 Å². The van der Waals surface area contributed by atoms with Crippen LogP contribution in [0.1, 0.15) is 52.0 Å². The molecule has 4 nitrogen and oxygen atoms in total. The molecule has 0 amide bonds. The SMILES string of the molecule is COc1cccc(CN(CCOC(C)(C)C)C2CCC(O)CC2)c1. The topological polar surface area (TPSA) is 41.9 Å². The van der Waals surface area contributed by atoms with Gasteiger partial charge < -0.3 is 14.6 Å². The zero-order valence-electron chi connectivity index (χ0n) is 15.6. The van der Waals surface area contributed by atoms with Crippen LogP contribution in [0.15, 0.2) is 24.3 Å². The predicted octanol–water partition coefficient (Wildman–Crippen LogP) is 3.62. The van der Waals surface area contributed by atoms with Gasteiger partial charge in [-0.3, -0.25) is 4.90 Å². The molecule has 1 aliphatic carbocycles. The Morgan fingerprint density at radius 1 is 1.17 bits per heavy atom. The van der Waals surface area contributed by atoms with Crippen molar-refractivity contribution < 1.29 is 14.6 Å². The molecule has 4 heteroatoms. The zero-order chi connectivity index (χ0) is 17.6. The molecule has 2 rings (SSSR count). The fraction of sp³-hybridized carbons (Fsp3) is 0.700. The standard InChI is InChI=1S/C20H33NO3/c1-20(2,3)24-13-12-21(17-8-10-18(22)11-9-17)15-16-6-5-7-19(14-16)23-4/h5-7,14,17-18,22H,8-13,15H2,1-4H3. The van der Waals surface area contributed by atoms with Gasteiger partial charge in [0, 0.05) is 19.1 Å². The summed E-state index contributed by atoms with van der Waals surface area (Å²) in [6.45, 7) is 8.82. The minimum atomic E-state index is -0.120. The number of aliphatic hydroxyl groups excluding tert-OH is 1. The minimum Gasteiger partial charge on any atom is -0.497 e.